The number of hydrogen-bond donors (Lipinski definition) is 0. The van der Waals surface area contributed by atoms with Crippen LogP contribution in [0.25, 0.3) is 76.3 Å². The number of rotatable bonds is 6. The highest BCUT2D eigenvalue weighted by Crippen LogP contribution is 2.56. The Kier molecular flexibility index (Phi) is 7.61. The minimum atomic E-state index is -0.457. The number of thiophene rings is 1. The second-order valence-corrected chi connectivity index (χ2v) is 15.5. The molecule has 0 fully saturated rings. The van der Waals surface area contributed by atoms with E-state index in [1.54, 1.807) is 0 Å². The molecular weight excluding hydrogens is 697 g/mol. The number of benzene rings is 8. The van der Waals surface area contributed by atoms with Crippen molar-refractivity contribution in [3.05, 3.63) is 229 Å². The summed E-state index contributed by atoms with van der Waals surface area (Å²) in [6, 6.07) is 74.5. The van der Waals surface area contributed by atoms with Gasteiger partial charge in [0.2, 0.25) is 0 Å². The molecule has 11 rings (SSSR count). The molecule has 0 bridgehead atoms. The van der Waals surface area contributed by atoms with Gasteiger partial charge in [-0.3, -0.25) is 0 Å². The Balaban J connectivity index is 1.09. The summed E-state index contributed by atoms with van der Waals surface area (Å²) in [5, 5.41) is 2.54. The van der Waals surface area contributed by atoms with Crippen LogP contribution in [0.2, 0.25) is 0 Å². The third-order valence-corrected chi connectivity index (χ3v) is 12.6. The van der Waals surface area contributed by atoms with Crippen LogP contribution in [0.15, 0.2) is 206 Å². The van der Waals surface area contributed by atoms with E-state index in [2.05, 4.69) is 200 Å². The fraction of sp³-hybridized carbons (Fsp3) is 0.0189. The van der Waals surface area contributed by atoms with Crippen LogP contribution < -0.4 is 0 Å². The van der Waals surface area contributed by atoms with Gasteiger partial charge in [-0.25, -0.2) is 9.97 Å². The molecule has 8 aromatic carbocycles. The number of fused-ring (bicyclic) bond motifs is 6. The zero-order valence-electron chi connectivity index (χ0n) is 30.4. The fourth-order valence-electron chi connectivity index (χ4n) is 8.88. The lowest BCUT2D eigenvalue weighted by molar-refractivity contribution is 0.769. The molecule has 0 radical (unpaired) electrons. The average molecular weight is 731 g/mol. The van der Waals surface area contributed by atoms with Crippen molar-refractivity contribution < 1.29 is 0 Å². The SMILES string of the molecule is c1ccc(-c2nc(-c3cccc(-c4ccc5c(c4)C(c4ccccc4)(c4ccccc4)c4ccccc4-5)c3)cc(-c3cccc4c3sc3ccccc34)n2)cc1. The van der Waals surface area contributed by atoms with Gasteiger partial charge in [-0.15, -0.1) is 11.3 Å². The molecule has 0 atom stereocenters. The van der Waals surface area contributed by atoms with E-state index in [0.717, 1.165) is 33.6 Å². The first kappa shape index (κ1) is 32.5. The van der Waals surface area contributed by atoms with Gasteiger partial charge in [0.15, 0.2) is 5.82 Å². The Morgan fingerprint density at radius 3 is 1.73 bits per heavy atom. The van der Waals surface area contributed by atoms with Gasteiger partial charge in [-0.1, -0.05) is 182 Å². The van der Waals surface area contributed by atoms with Crippen molar-refractivity contribution >= 4 is 31.5 Å². The Hall–Kier alpha value is -6.94. The maximum Gasteiger partial charge on any atom is 0.160 e. The highest BCUT2D eigenvalue weighted by molar-refractivity contribution is 7.26. The van der Waals surface area contributed by atoms with E-state index in [1.165, 1.54) is 59.1 Å². The van der Waals surface area contributed by atoms with Gasteiger partial charge < -0.3 is 0 Å². The van der Waals surface area contributed by atoms with Crippen LogP contribution in [0.5, 0.6) is 0 Å². The minimum absolute atomic E-state index is 0.457. The smallest absolute Gasteiger partial charge is 0.160 e. The van der Waals surface area contributed by atoms with Crippen LogP contribution in [-0.4, -0.2) is 9.97 Å². The maximum atomic E-state index is 5.24. The first-order valence-corrected chi connectivity index (χ1v) is 19.9. The highest BCUT2D eigenvalue weighted by atomic mass is 32.1. The van der Waals surface area contributed by atoms with Crippen LogP contribution in [-0.2, 0) is 5.41 Å². The molecule has 0 amide bonds. The molecule has 56 heavy (non-hydrogen) atoms. The first-order valence-electron chi connectivity index (χ1n) is 19.1. The van der Waals surface area contributed by atoms with E-state index in [1.807, 2.05) is 17.4 Å². The third-order valence-electron chi connectivity index (χ3n) is 11.4. The van der Waals surface area contributed by atoms with Crippen molar-refractivity contribution in [2.75, 3.05) is 0 Å². The van der Waals surface area contributed by atoms with Crippen LogP contribution >= 0.6 is 11.3 Å². The molecule has 0 spiro atoms. The monoisotopic (exact) mass is 730 g/mol. The summed E-state index contributed by atoms with van der Waals surface area (Å²) in [6.07, 6.45) is 0. The average Bonchev–Trinajstić information content (AvgIpc) is 3.81. The molecule has 10 aromatic rings. The molecular formula is C53H34N2S. The van der Waals surface area contributed by atoms with Crippen molar-refractivity contribution in [2.24, 2.45) is 0 Å². The minimum Gasteiger partial charge on any atom is -0.228 e. The van der Waals surface area contributed by atoms with Crippen LogP contribution in [0, 0.1) is 0 Å². The van der Waals surface area contributed by atoms with Crippen molar-refractivity contribution in [3.63, 3.8) is 0 Å². The van der Waals surface area contributed by atoms with E-state index in [-0.39, 0.29) is 0 Å². The van der Waals surface area contributed by atoms with Crippen molar-refractivity contribution in [3.8, 4) is 56.2 Å². The van der Waals surface area contributed by atoms with Crippen LogP contribution in [0.1, 0.15) is 22.3 Å². The number of hydrogen-bond acceptors (Lipinski definition) is 3. The molecule has 0 saturated carbocycles. The van der Waals surface area contributed by atoms with Gasteiger partial charge in [-0.2, -0.15) is 0 Å². The molecule has 0 saturated heterocycles. The van der Waals surface area contributed by atoms with E-state index < -0.39 is 5.41 Å². The summed E-state index contributed by atoms with van der Waals surface area (Å²) in [5.74, 6) is 0.715. The highest BCUT2D eigenvalue weighted by Gasteiger charge is 2.46. The lowest BCUT2D eigenvalue weighted by Gasteiger charge is -2.34. The summed E-state index contributed by atoms with van der Waals surface area (Å²) in [7, 11) is 0. The van der Waals surface area contributed by atoms with E-state index in [4.69, 9.17) is 9.97 Å². The fourth-order valence-corrected chi connectivity index (χ4v) is 10.1. The van der Waals surface area contributed by atoms with Crippen LogP contribution in [0.3, 0.4) is 0 Å². The zero-order valence-corrected chi connectivity index (χ0v) is 31.2. The molecule has 2 aromatic heterocycles. The van der Waals surface area contributed by atoms with Crippen molar-refractivity contribution in [2.45, 2.75) is 5.41 Å². The van der Waals surface area contributed by atoms with Gasteiger partial charge in [0.25, 0.3) is 0 Å². The molecule has 0 N–H and O–H groups in total. The standard InChI is InChI=1S/C53H34N2S/c1-4-16-35(17-5-1)52-54-48(34-49(55-52)45-27-15-26-44-43-25-11-13-29-50(43)56-51(44)45)38-19-14-18-36(32-38)37-30-31-42-41-24-10-12-28-46(41)53(47(42)33-37,39-20-6-2-7-21-39)40-22-8-3-9-23-40/h1-34H. The second kappa shape index (κ2) is 13.1. The zero-order chi connectivity index (χ0) is 37.1. The Morgan fingerprint density at radius 1 is 0.357 bits per heavy atom. The van der Waals surface area contributed by atoms with Crippen LogP contribution in [0.4, 0.5) is 0 Å². The molecule has 0 unspecified atom stereocenters. The Morgan fingerprint density at radius 2 is 0.929 bits per heavy atom. The summed E-state index contributed by atoms with van der Waals surface area (Å²) in [5.41, 5.74) is 14.5. The molecule has 262 valence electrons. The van der Waals surface area contributed by atoms with Gasteiger partial charge >= 0.3 is 0 Å². The summed E-state index contributed by atoms with van der Waals surface area (Å²) >= 11 is 1.83. The predicted molar refractivity (Wildman–Crippen MR) is 234 cm³/mol. The van der Waals surface area contributed by atoms with E-state index in [9.17, 15) is 0 Å². The summed E-state index contributed by atoms with van der Waals surface area (Å²) in [6.45, 7) is 0. The molecule has 3 heteroatoms. The normalized spacial score (nSPS) is 12.8. The topological polar surface area (TPSA) is 25.8 Å². The largest absolute Gasteiger partial charge is 0.228 e. The molecule has 1 aliphatic carbocycles. The lowest BCUT2D eigenvalue weighted by atomic mass is 9.67. The maximum absolute atomic E-state index is 5.24. The van der Waals surface area contributed by atoms with Crippen molar-refractivity contribution in [1.82, 2.24) is 9.97 Å². The Labute approximate surface area is 330 Å². The molecule has 2 heterocycles. The Bertz CT molecular complexity index is 3040. The van der Waals surface area contributed by atoms with Gasteiger partial charge in [0, 0.05) is 36.9 Å². The summed E-state index contributed by atoms with van der Waals surface area (Å²) < 4.78 is 2.52. The number of aromatic nitrogens is 2. The number of nitrogens with zero attached hydrogens (tertiary/aromatic N) is 2. The van der Waals surface area contributed by atoms with Gasteiger partial charge in [-0.05, 0) is 68.8 Å². The van der Waals surface area contributed by atoms with Crippen molar-refractivity contribution in [1.29, 1.82) is 0 Å². The summed E-state index contributed by atoms with van der Waals surface area (Å²) in [4.78, 5) is 10.5. The third kappa shape index (κ3) is 5.09. The molecule has 1 aliphatic rings. The second-order valence-electron chi connectivity index (χ2n) is 14.5. The van der Waals surface area contributed by atoms with E-state index >= 15 is 0 Å². The molecule has 2 nitrogen and oxygen atoms in total. The molecule has 0 aliphatic heterocycles. The predicted octanol–water partition coefficient (Wildman–Crippen LogP) is 13.9. The van der Waals surface area contributed by atoms with Gasteiger partial charge in [0.1, 0.15) is 0 Å². The van der Waals surface area contributed by atoms with Gasteiger partial charge in [0.05, 0.1) is 16.8 Å². The first-order chi connectivity index (χ1) is 27.8. The van der Waals surface area contributed by atoms with E-state index in [0.29, 0.717) is 5.82 Å². The quantitative estimate of drug-likeness (QED) is 0.170. The lowest BCUT2D eigenvalue weighted by Crippen LogP contribution is -2.28.